The molecule has 1 aromatic carbocycles. The maximum absolute atomic E-state index is 9.58. The molecular weight excluding hydrogens is 262 g/mol. The number of rotatable bonds is 4. The zero-order valence-corrected chi connectivity index (χ0v) is 9.99. The van der Waals surface area contributed by atoms with Crippen molar-refractivity contribution in [2.24, 2.45) is 5.73 Å². The summed E-state index contributed by atoms with van der Waals surface area (Å²) >= 11 is 3.21. The second-order valence-corrected chi connectivity index (χ2v) is 4.02. The predicted molar refractivity (Wildman–Crippen MR) is 61.2 cm³/mol. The molecule has 1 atom stereocenters. The van der Waals surface area contributed by atoms with Gasteiger partial charge in [-0.25, -0.2) is 0 Å². The minimum absolute atomic E-state index is 0.0309. The van der Waals surface area contributed by atoms with Gasteiger partial charge < -0.3 is 20.7 Å². The number of hydrogen-bond donors (Lipinski definition) is 3. The number of aliphatic hydroxyl groups excluding tert-OH is 1. The van der Waals surface area contributed by atoms with Gasteiger partial charge in [0.25, 0.3) is 0 Å². The van der Waals surface area contributed by atoms with Crippen molar-refractivity contribution < 1.29 is 14.9 Å². The molecule has 0 saturated heterocycles. The summed E-state index contributed by atoms with van der Waals surface area (Å²) in [7, 11) is 1.47. The molecule has 0 amide bonds. The number of nitrogens with two attached hydrogens (primary N) is 1. The summed E-state index contributed by atoms with van der Waals surface area (Å²) in [6, 6.07) is 3.40. The van der Waals surface area contributed by atoms with Crippen LogP contribution in [0.5, 0.6) is 11.5 Å². The second kappa shape index (κ2) is 5.34. The van der Waals surface area contributed by atoms with Crippen molar-refractivity contribution >= 4 is 15.9 Å². The lowest BCUT2D eigenvalue weighted by molar-refractivity contribution is 0.267. The van der Waals surface area contributed by atoms with E-state index >= 15 is 0 Å². The molecule has 0 saturated carbocycles. The summed E-state index contributed by atoms with van der Waals surface area (Å²) in [4.78, 5) is 0. The number of methoxy groups -OCH3 is 1. The van der Waals surface area contributed by atoms with Crippen LogP contribution < -0.4 is 10.5 Å². The average molecular weight is 276 g/mol. The van der Waals surface area contributed by atoms with Crippen LogP contribution in [-0.2, 0) is 0 Å². The van der Waals surface area contributed by atoms with E-state index in [0.29, 0.717) is 16.8 Å². The molecular formula is C10H14BrNO3. The molecule has 0 spiro atoms. The number of ether oxygens (including phenoxy) is 1. The highest BCUT2D eigenvalue weighted by molar-refractivity contribution is 9.10. The van der Waals surface area contributed by atoms with Crippen molar-refractivity contribution in [2.45, 2.75) is 5.92 Å². The molecule has 1 aromatic rings. The molecule has 15 heavy (non-hydrogen) atoms. The van der Waals surface area contributed by atoms with Gasteiger partial charge >= 0.3 is 0 Å². The van der Waals surface area contributed by atoms with E-state index in [-0.39, 0.29) is 18.3 Å². The van der Waals surface area contributed by atoms with E-state index in [1.807, 2.05) is 0 Å². The normalized spacial score (nSPS) is 12.5. The molecule has 1 unspecified atom stereocenters. The van der Waals surface area contributed by atoms with Crippen LogP contribution in [0.3, 0.4) is 0 Å². The first kappa shape index (κ1) is 12.3. The van der Waals surface area contributed by atoms with Crippen LogP contribution in [0.1, 0.15) is 11.5 Å². The van der Waals surface area contributed by atoms with Crippen LogP contribution in [0.2, 0.25) is 0 Å². The molecule has 0 aromatic heterocycles. The predicted octanol–water partition coefficient (Wildman–Crippen LogP) is 1.20. The zero-order chi connectivity index (χ0) is 11.4. The largest absolute Gasteiger partial charge is 0.503 e. The van der Waals surface area contributed by atoms with Crippen LogP contribution in [0.4, 0.5) is 0 Å². The van der Waals surface area contributed by atoms with E-state index in [9.17, 15) is 5.11 Å². The molecule has 1 rings (SSSR count). The highest BCUT2D eigenvalue weighted by Crippen LogP contribution is 2.36. The Bertz CT molecular complexity index is 340. The van der Waals surface area contributed by atoms with Crippen LogP contribution in [0.25, 0.3) is 0 Å². The average Bonchev–Trinajstić information content (AvgIpc) is 2.24. The Hall–Kier alpha value is -0.780. The Morgan fingerprint density at radius 3 is 2.67 bits per heavy atom. The number of benzene rings is 1. The Labute approximate surface area is 96.8 Å². The molecule has 0 radical (unpaired) electrons. The lowest BCUT2D eigenvalue weighted by Gasteiger charge is -2.14. The molecule has 0 aliphatic rings. The van der Waals surface area contributed by atoms with Gasteiger partial charge in [-0.3, -0.25) is 0 Å². The minimum atomic E-state index is -0.143. The Kier molecular flexibility index (Phi) is 4.38. The number of phenolic OH excluding ortho intramolecular Hbond substituents is 1. The third-order valence-electron chi connectivity index (χ3n) is 2.25. The monoisotopic (exact) mass is 275 g/mol. The Morgan fingerprint density at radius 1 is 1.53 bits per heavy atom. The number of hydrogen-bond acceptors (Lipinski definition) is 4. The first-order valence-corrected chi connectivity index (χ1v) is 5.30. The summed E-state index contributed by atoms with van der Waals surface area (Å²) in [5.74, 6) is 0.275. The van der Waals surface area contributed by atoms with Crippen molar-refractivity contribution in [3.05, 3.63) is 22.2 Å². The highest BCUT2D eigenvalue weighted by Gasteiger charge is 2.14. The maximum atomic E-state index is 9.58. The van der Waals surface area contributed by atoms with E-state index in [4.69, 9.17) is 15.6 Å². The van der Waals surface area contributed by atoms with Gasteiger partial charge in [-0.2, -0.15) is 0 Å². The molecule has 4 N–H and O–H groups in total. The van der Waals surface area contributed by atoms with Crippen LogP contribution in [0, 0.1) is 0 Å². The molecule has 0 aliphatic carbocycles. The van der Waals surface area contributed by atoms with Gasteiger partial charge in [-0.1, -0.05) is 0 Å². The number of aromatic hydroxyl groups is 1. The Balaban J connectivity index is 3.15. The molecule has 0 heterocycles. The van der Waals surface area contributed by atoms with Crippen molar-refractivity contribution in [1.82, 2.24) is 0 Å². The number of aliphatic hydroxyl groups is 1. The van der Waals surface area contributed by atoms with Crippen molar-refractivity contribution in [3.8, 4) is 11.5 Å². The first-order valence-electron chi connectivity index (χ1n) is 4.51. The summed E-state index contributed by atoms with van der Waals surface area (Å²) in [6.07, 6.45) is 0. The lowest BCUT2D eigenvalue weighted by Crippen LogP contribution is -2.16. The third kappa shape index (κ3) is 2.62. The summed E-state index contributed by atoms with van der Waals surface area (Å²) in [5, 5.41) is 18.7. The fraction of sp³-hybridized carbons (Fsp3) is 0.400. The first-order chi connectivity index (χ1) is 7.13. The van der Waals surface area contributed by atoms with E-state index < -0.39 is 0 Å². The van der Waals surface area contributed by atoms with Gasteiger partial charge in [0.2, 0.25) is 0 Å². The SMILES string of the molecule is COc1cc(C(CN)CO)cc(Br)c1O. The number of halogens is 1. The molecule has 4 nitrogen and oxygen atoms in total. The Morgan fingerprint density at radius 2 is 2.20 bits per heavy atom. The standard InChI is InChI=1S/C10H14BrNO3/c1-15-9-3-6(7(4-12)5-13)2-8(11)10(9)14/h2-3,7,13-14H,4-5,12H2,1H3. The van der Waals surface area contributed by atoms with Gasteiger partial charge in [0.05, 0.1) is 18.2 Å². The lowest BCUT2D eigenvalue weighted by atomic mass is 10.00. The molecule has 0 aliphatic heterocycles. The topological polar surface area (TPSA) is 75.7 Å². The number of phenols is 1. The van der Waals surface area contributed by atoms with Crippen molar-refractivity contribution in [2.75, 3.05) is 20.3 Å². The van der Waals surface area contributed by atoms with E-state index in [2.05, 4.69) is 15.9 Å². The summed E-state index contributed by atoms with van der Waals surface area (Å²) in [5.41, 5.74) is 6.35. The van der Waals surface area contributed by atoms with Crippen molar-refractivity contribution in [3.63, 3.8) is 0 Å². The summed E-state index contributed by atoms with van der Waals surface area (Å²) < 4.78 is 5.53. The molecule has 5 heteroatoms. The van der Waals surface area contributed by atoms with Crippen LogP contribution in [-0.4, -0.2) is 30.5 Å². The third-order valence-corrected chi connectivity index (χ3v) is 2.85. The van der Waals surface area contributed by atoms with Gasteiger partial charge in [0.1, 0.15) is 0 Å². The van der Waals surface area contributed by atoms with Gasteiger partial charge in [0, 0.05) is 12.5 Å². The molecule has 84 valence electrons. The molecule has 0 fully saturated rings. The molecule has 0 bridgehead atoms. The van der Waals surface area contributed by atoms with Crippen LogP contribution >= 0.6 is 15.9 Å². The van der Waals surface area contributed by atoms with Crippen LogP contribution in [0.15, 0.2) is 16.6 Å². The fourth-order valence-corrected chi connectivity index (χ4v) is 1.76. The zero-order valence-electron chi connectivity index (χ0n) is 8.40. The smallest absolute Gasteiger partial charge is 0.172 e. The van der Waals surface area contributed by atoms with E-state index in [0.717, 1.165) is 5.56 Å². The fourth-order valence-electron chi connectivity index (χ4n) is 1.30. The second-order valence-electron chi connectivity index (χ2n) is 3.17. The van der Waals surface area contributed by atoms with Gasteiger partial charge in [-0.15, -0.1) is 0 Å². The minimum Gasteiger partial charge on any atom is -0.503 e. The van der Waals surface area contributed by atoms with E-state index in [1.165, 1.54) is 7.11 Å². The van der Waals surface area contributed by atoms with Gasteiger partial charge in [-0.05, 0) is 33.6 Å². The summed E-state index contributed by atoms with van der Waals surface area (Å²) in [6.45, 7) is 0.313. The quantitative estimate of drug-likeness (QED) is 0.772. The van der Waals surface area contributed by atoms with Gasteiger partial charge in [0.15, 0.2) is 11.5 Å². The van der Waals surface area contributed by atoms with E-state index in [1.54, 1.807) is 12.1 Å². The highest BCUT2D eigenvalue weighted by atomic mass is 79.9. The maximum Gasteiger partial charge on any atom is 0.172 e. The van der Waals surface area contributed by atoms with Crippen molar-refractivity contribution in [1.29, 1.82) is 0 Å².